The topological polar surface area (TPSA) is 17.1 Å². The van der Waals surface area contributed by atoms with E-state index in [0.29, 0.717) is 24.2 Å². The van der Waals surface area contributed by atoms with Gasteiger partial charge in [-0.25, -0.2) is 0 Å². The van der Waals surface area contributed by atoms with E-state index in [0.717, 1.165) is 19.1 Å². The highest BCUT2D eigenvalue weighted by atomic mass is 16.1. The highest BCUT2D eigenvalue weighted by Gasteiger charge is 2.27. The minimum atomic E-state index is 0.506. The Bertz CT molecular complexity index is 322. The van der Waals surface area contributed by atoms with E-state index in [9.17, 15) is 4.79 Å². The van der Waals surface area contributed by atoms with Crippen LogP contribution < -0.4 is 0 Å². The SMILES string of the molecule is CC1C=CC=CC1C1=CCCC1CC=O. The van der Waals surface area contributed by atoms with Crippen LogP contribution in [0.3, 0.4) is 0 Å². The lowest BCUT2D eigenvalue weighted by atomic mass is 9.79. The highest BCUT2D eigenvalue weighted by molar-refractivity contribution is 5.51. The molecule has 0 saturated heterocycles. The van der Waals surface area contributed by atoms with Crippen LogP contribution in [-0.2, 0) is 4.79 Å². The molecule has 2 aliphatic rings. The highest BCUT2D eigenvalue weighted by Crippen LogP contribution is 2.38. The molecule has 0 aliphatic heterocycles. The third kappa shape index (κ3) is 2.11. The average molecular weight is 202 g/mol. The number of rotatable bonds is 3. The summed E-state index contributed by atoms with van der Waals surface area (Å²) in [5.41, 5.74) is 1.50. The van der Waals surface area contributed by atoms with Gasteiger partial charge in [-0.05, 0) is 24.7 Å². The molecule has 3 atom stereocenters. The predicted octanol–water partition coefficient (Wildman–Crippen LogP) is 3.29. The van der Waals surface area contributed by atoms with Gasteiger partial charge in [0, 0.05) is 12.3 Å². The van der Waals surface area contributed by atoms with Crippen LogP contribution in [0.15, 0.2) is 36.0 Å². The van der Waals surface area contributed by atoms with Gasteiger partial charge in [0.25, 0.3) is 0 Å². The lowest BCUT2D eigenvalue weighted by Gasteiger charge is -2.25. The van der Waals surface area contributed by atoms with Crippen molar-refractivity contribution in [2.24, 2.45) is 17.8 Å². The van der Waals surface area contributed by atoms with Crippen LogP contribution >= 0.6 is 0 Å². The summed E-state index contributed by atoms with van der Waals surface area (Å²) in [6, 6.07) is 0. The molecule has 0 saturated carbocycles. The van der Waals surface area contributed by atoms with Crippen LogP contribution in [0.2, 0.25) is 0 Å². The summed E-state index contributed by atoms with van der Waals surface area (Å²) in [5.74, 6) is 1.61. The Morgan fingerprint density at radius 3 is 2.93 bits per heavy atom. The number of hydrogen-bond donors (Lipinski definition) is 0. The van der Waals surface area contributed by atoms with Gasteiger partial charge in [-0.2, -0.15) is 0 Å². The molecule has 0 spiro atoms. The van der Waals surface area contributed by atoms with E-state index in [1.54, 1.807) is 0 Å². The molecule has 1 heteroatoms. The van der Waals surface area contributed by atoms with Gasteiger partial charge >= 0.3 is 0 Å². The van der Waals surface area contributed by atoms with Crippen LogP contribution in [0.25, 0.3) is 0 Å². The minimum Gasteiger partial charge on any atom is -0.303 e. The number of aldehydes is 1. The molecule has 0 bridgehead atoms. The molecule has 0 aromatic carbocycles. The van der Waals surface area contributed by atoms with Gasteiger partial charge in [0.2, 0.25) is 0 Å². The summed E-state index contributed by atoms with van der Waals surface area (Å²) in [7, 11) is 0. The monoisotopic (exact) mass is 202 g/mol. The van der Waals surface area contributed by atoms with E-state index >= 15 is 0 Å². The first-order chi connectivity index (χ1) is 7.33. The largest absolute Gasteiger partial charge is 0.303 e. The van der Waals surface area contributed by atoms with E-state index in [1.165, 1.54) is 5.57 Å². The average Bonchev–Trinajstić information content (AvgIpc) is 2.67. The van der Waals surface area contributed by atoms with Gasteiger partial charge in [0.1, 0.15) is 6.29 Å². The second-order valence-electron chi connectivity index (χ2n) is 4.54. The Balaban J connectivity index is 2.12. The predicted molar refractivity (Wildman–Crippen MR) is 62.4 cm³/mol. The lowest BCUT2D eigenvalue weighted by Crippen LogP contribution is -2.16. The molecule has 3 unspecified atom stereocenters. The first kappa shape index (κ1) is 10.4. The molecule has 1 nitrogen and oxygen atoms in total. The fourth-order valence-electron chi connectivity index (χ4n) is 2.70. The maximum absolute atomic E-state index is 10.6. The Kier molecular flexibility index (Phi) is 3.20. The van der Waals surface area contributed by atoms with Gasteiger partial charge in [-0.15, -0.1) is 0 Å². The van der Waals surface area contributed by atoms with Gasteiger partial charge in [-0.1, -0.05) is 42.9 Å². The molecule has 0 radical (unpaired) electrons. The molecule has 0 aromatic heterocycles. The summed E-state index contributed by atoms with van der Waals surface area (Å²) < 4.78 is 0. The molecule has 2 rings (SSSR count). The second kappa shape index (κ2) is 4.61. The fourth-order valence-corrected chi connectivity index (χ4v) is 2.70. The summed E-state index contributed by atoms with van der Waals surface area (Å²) in [6.45, 7) is 2.25. The normalized spacial score (nSPS) is 34.2. The molecular formula is C14H18O. The number of carbonyl (C=O) groups excluding carboxylic acids is 1. The van der Waals surface area contributed by atoms with Crippen molar-refractivity contribution in [2.75, 3.05) is 0 Å². The van der Waals surface area contributed by atoms with E-state index < -0.39 is 0 Å². The van der Waals surface area contributed by atoms with Crippen molar-refractivity contribution < 1.29 is 4.79 Å². The maximum Gasteiger partial charge on any atom is 0.120 e. The maximum atomic E-state index is 10.6. The Morgan fingerprint density at radius 1 is 1.40 bits per heavy atom. The molecule has 0 amide bonds. The van der Waals surface area contributed by atoms with E-state index in [-0.39, 0.29) is 0 Å². The fraction of sp³-hybridized carbons (Fsp3) is 0.500. The molecule has 0 aromatic rings. The molecule has 0 fully saturated rings. The molecule has 2 aliphatic carbocycles. The summed E-state index contributed by atoms with van der Waals surface area (Å²) in [4.78, 5) is 10.6. The van der Waals surface area contributed by atoms with Gasteiger partial charge in [-0.3, -0.25) is 0 Å². The smallest absolute Gasteiger partial charge is 0.120 e. The van der Waals surface area contributed by atoms with Gasteiger partial charge < -0.3 is 4.79 Å². The molecule has 15 heavy (non-hydrogen) atoms. The number of allylic oxidation sites excluding steroid dienone is 6. The number of hydrogen-bond acceptors (Lipinski definition) is 1. The van der Waals surface area contributed by atoms with Crippen LogP contribution in [0.1, 0.15) is 26.2 Å². The Labute approximate surface area is 91.6 Å². The zero-order valence-electron chi connectivity index (χ0n) is 9.23. The van der Waals surface area contributed by atoms with Crippen molar-refractivity contribution in [2.45, 2.75) is 26.2 Å². The number of carbonyl (C=O) groups is 1. The minimum absolute atomic E-state index is 0.506. The van der Waals surface area contributed by atoms with Crippen molar-refractivity contribution in [1.29, 1.82) is 0 Å². The van der Waals surface area contributed by atoms with E-state index in [4.69, 9.17) is 0 Å². The van der Waals surface area contributed by atoms with Gasteiger partial charge in [0.15, 0.2) is 0 Å². The first-order valence-electron chi connectivity index (χ1n) is 5.81. The van der Waals surface area contributed by atoms with E-state index in [2.05, 4.69) is 37.3 Å². The van der Waals surface area contributed by atoms with Gasteiger partial charge in [0.05, 0.1) is 0 Å². The van der Waals surface area contributed by atoms with Crippen LogP contribution in [0, 0.1) is 17.8 Å². The van der Waals surface area contributed by atoms with Crippen molar-refractivity contribution in [3.8, 4) is 0 Å². The second-order valence-corrected chi connectivity index (χ2v) is 4.54. The zero-order valence-corrected chi connectivity index (χ0v) is 9.23. The molecule has 0 N–H and O–H groups in total. The van der Waals surface area contributed by atoms with Crippen molar-refractivity contribution in [1.82, 2.24) is 0 Å². The van der Waals surface area contributed by atoms with Crippen molar-refractivity contribution >= 4 is 6.29 Å². The Hall–Kier alpha value is -1.11. The van der Waals surface area contributed by atoms with Crippen LogP contribution in [-0.4, -0.2) is 6.29 Å². The third-order valence-electron chi connectivity index (χ3n) is 3.54. The summed E-state index contributed by atoms with van der Waals surface area (Å²) >= 11 is 0. The quantitative estimate of drug-likeness (QED) is 0.507. The van der Waals surface area contributed by atoms with Crippen LogP contribution in [0.4, 0.5) is 0 Å². The zero-order chi connectivity index (χ0) is 10.7. The first-order valence-corrected chi connectivity index (χ1v) is 5.81. The van der Waals surface area contributed by atoms with Crippen LogP contribution in [0.5, 0.6) is 0 Å². The standard InChI is InChI=1S/C14H18O/c1-11-5-2-3-7-13(11)14-8-4-6-12(14)9-10-15/h2-3,5,7-8,10-13H,4,6,9H2,1H3. The third-order valence-corrected chi connectivity index (χ3v) is 3.54. The molecule has 80 valence electrons. The molecule has 0 heterocycles. The summed E-state index contributed by atoms with van der Waals surface area (Å²) in [6.07, 6.45) is 15.2. The Morgan fingerprint density at radius 2 is 2.20 bits per heavy atom. The van der Waals surface area contributed by atoms with Crippen molar-refractivity contribution in [3.63, 3.8) is 0 Å². The van der Waals surface area contributed by atoms with Crippen molar-refractivity contribution in [3.05, 3.63) is 36.0 Å². The lowest BCUT2D eigenvalue weighted by molar-refractivity contribution is -0.108. The summed E-state index contributed by atoms with van der Waals surface area (Å²) in [5, 5.41) is 0. The van der Waals surface area contributed by atoms with E-state index in [1.807, 2.05) is 0 Å². The molecular weight excluding hydrogens is 184 g/mol.